The Morgan fingerprint density at radius 3 is 3.26 bits per heavy atom. The Hall–Kier alpha value is -2.19. The van der Waals surface area contributed by atoms with Gasteiger partial charge in [0.05, 0.1) is 24.9 Å². The largest absolute Gasteiger partial charge is 0.467 e. The quantitative estimate of drug-likeness (QED) is 0.439. The summed E-state index contributed by atoms with van der Waals surface area (Å²) < 4.78 is 7.38. The van der Waals surface area contributed by atoms with Crippen molar-refractivity contribution in [1.82, 2.24) is 25.1 Å². The number of furan rings is 1. The minimum Gasteiger partial charge on any atom is -0.467 e. The lowest BCUT2D eigenvalue weighted by atomic mass is 10.2. The van der Waals surface area contributed by atoms with Crippen molar-refractivity contribution in [2.45, 2.75) is 19.6 Å². The highest BCUT2D eigenvalue weighted by molar-refractivity contribution is 5.94. The van der Waals surface area contributed by atoms with Crippen molar-refractivity contribution >= 4 is 5.91 Å². The molecule has 0 unspecified atom stereocenters. The first-order chi connectivity index (χ1) is 9.28. The predicted molar refractivity (Wildman–Crippen MR) is 64.5 cm³/mol. The fraction of sp³-hybridized carbons (Fsp3) is 0.364. The SMILES string of the molecule is NNC(=O)c1ccoc1CN1CCn2cnnc2C1. The van der Waals surface area contributed by atoms with Crippen LogP contribution in [0.5, 0.6) is 0 Å². The zero-order chi connectivity index (χ0) is 13.2. The van der Waals surface area contributed by atoms with Crippen molar-refractivity contribution in [3.8, 4) is 0 Å². The van der Waals surface area contributed by atoms with Crippen LogP contribution in [0.4, 0.5) is 0 Å². The van der Waals surface area contributed by atoms with Crippen molar-refractivity contribution in [1.29, 1.82) is 0 Å². The van der Waals surface area contributed by atoms with E-state index in [1.165, 1.54) is 6.26 Å². The molecular formula is C11H14N6O2. The molecule has 100 valence electrons. The molecule has 0 saturated carbocycles. The van der Waals surface area contributed by atoms with Crippen LogP contribution in [0, 0.1) is 0 Å². The molecule has 8 heteroatoms. The molecule has 1 amide bonds. The smallest absolute Gasteiger partial charge is 0.268 e. The first-order valence-corrected chi connectivity index (χ1v) is 5.94. The van der Waals surface area contributed by atoms with Gasteiger partial charge in [-0.15, -0.1) is 10.2 Å². The molecule has 2 aromatic heterocycles. The molecule has 0 bridgehead atoms. The highest BCUT2D eigenvalue weighted by Crippen LogP contribution is 2.17. The van der Waals surface area contributed by atoms with E-state index in [1.54, 1.807) is 12.4 Å². The second-order valence-electron chi connectivity index (χ2n) is 4.38. The van der Waals surface area contributed by atoms with Crippen LogP contribution in [0.1, 0.15) is 21.9 Å². The van der Waals surface area contributed by atoms with E-state index in [-0.39, 0.29) is 5.91 Å². The first-order valence-electron chi connectivity index (χ1n) is 5.94. The van der Waals surface area contributed by atoms with Gasteiger partial charge in [-0.1, -0.05) is 0 Å². The van der Waals surface area contributed by atoms with E-state index in [2.05, 4.69) is 20.5 Å². The molecule has 1 aliphatic rings. The second kappa shape index (κ2) is 4.82. The highest BCUT2D eigenvalue weighted by atomic mass is 16.3. The number of aromatic nitrogens is 3. The number of carbonyl (C=O) groups is 1. The van der Waals surface area contributed by atoms with Crippen molar-refractivity contribution in [2.24, 2.45) is 5.84 Å². The van der Waals surface area contributed by atoms with Gasteiger partial charge in [0.15, 0.2) is 0 Å². The number of nitrogens with two attached hydrogens (primary N) is 1. The topological polar surface area (TPSA) is 102 Å². The van der Waals surface area contributed by atoms with Crippen LogP contribution in [0.15, 0.2) is 23.1 Å². The first kappa shape index (κ1) is 11.9. The maximum absolute atomic E-state index is 11.6. The Morgan fingerprint density at radius 1 is 1.53 bits per heavy atom. The summed E-state index contributed by atoms with van der Waals surface area (Å²) in [5.74, 6) is 6.32. The molecule has 0 atom stereocenters. The molecule has 19 heavy (non-hydrogen) atoms. The van der Waals surface area contributed by atoms with Gasteiger partial charge in [0.2, 0.25) is 0 Å². The van der Waals surface area contributed by atoms with Gasteiger partial charge >= 0.3 is 0 Å². The van der Waals surface area contributed by atoms with Crippen LogP contribution < -0.4 is 11.3 Å². The lowest BCUT2D eigenvalue weighted by Crippen LogP contribution is -2.34. The summed E-state index contributed by atoms with van der Waals surface area (Å²) in [6.07, 6.45) is 3.22. The lowest BCUT2D eigenvalue weighted by Gasteiger charge is -2.26. The zero-order valence-corrected chi connectivity index (χ0v) is 10.2. The monoisotopic (exact) mass is 262 g/mol. The molecule has 0 saturated heterocycles. The Balaban J connectivity index is 1.73. The Morgan fingerprint density at radius 2 is 2.42 bits per heavy atom. The van der Waals surface area contributed by atoms with E-state index in [0.717, 1.165) is 18.9 Å². The summed E-state index contributed by atoms with van der Waals surface area (Å²) in [5.41, 5.74) is 2.58. The molecule has 1 aliphatic heterocycles. The number of rotatable bonds is 3. The molecule has 0 aromatic carbocycles. The number of nitrogens with zero attached hydrogens (tertiary/aromatic N) is 4. The molecule has 0 aliphatic carbocycles. The molecule has 2 aromatic rings. The lowest BCUT2D eigenvalue weighted by molar-refractivity contribution is 0.0949. The summed E-state index contributed by atoms with van der Waals surface area (Å²) in [5, 5.41) is 7.93. The normalized spacial score (nSPS) is 15.2. The number of hydrogen-bond donors (Lipinski definition) is 2. The van der Waals surface area contributed by atoms with Gasteiger partial charge in [0, 0.05) is 13.1 Å². The summed E-state index contributed by atoms with van der Waals surface area (Å²) in [7, 11) is 0. The van der Waals surface area contributed by atoms with E-state index < -0.39 is 0 Å². The number of nitrogens with one attached hydrogen (secondary N) is 1. The second-order valence-corrected chi connectivity index (χ2v) is 4.38. The minimum atomic E-state index is -0.344. The van der Waals surface area contributed by atoms with Crippen LogP contribution in [0.2, 0.25) is 0 Å². The Bertz CT molecular complexity index is 590. The number of nitrogen functional groups attached to an aromatic ring is 1. The summed E-state index contributed by atoms with van der Waals surface area (Å²) in [4.78, 5) is 13.7. The molecule has 3 N–H and O–H groups in total. The van der Waals surface area contributed by atoms with Gasteiger partial charge in [-0.2, -0.15) is 0 Å². The third-order valence-electron chi connectivity index (χ3n) is 3.21. The van der Waals surface area contributed by atoms with Gasteiger partial charge in [0.25, 0.3) is 5.91 Å². The third kappa shape index (κ3) is 2.23. The van der Waals surface area contributed by atoms with Crippen LogP contribution in [0.25, 0.3) is 0 Å². The van der Waals surface area contributed by atoms with Gasteiger partial charge in [0.1, 0.15) is 17.9 Å². The third-order valence-corrected chi connectivity index (χ3v) is 3.21. The van der Waals surface area contributed by atoms with Gasteiger partial charge in [-0.05, 0) is 6.07 Å². The fourth-order valence-electron chi connectivity index (χ4n) is 2.20. The number of fused-ring (bicyclic) bond motifs is 1. The standard InChI is InChI=1S/C11H14N6O2/c12-14-11(18)8-1-4-19-9(8)5-16-2-3-17-7-13-15-10(17)6-16/h1,4,7H,2-3,5-6,12H2,(H,14,18). The molecule has 8 nitrogen and oxygen atoms in total. The fourth-order valence-corrected chi connectivity index (χ4v) is 2.20. The molecule has 3 heterocycles. The molecule has 0 fully saturated rings. The molecule has 0 spiro atoms. The molecular weight excluding hydrogens is 248 g/mol. The van der Waals surface area contributed by atoms with Crippen molar-refractivity contribution < 1.29 is 9.21 Å². The summed E-state index contributed by atoms with van der Waals surface area (Å²) in [6.45, 7) is 2.92. The maximum Gasteiger partial charge on any atom is 0.268 e. The molecule has 3 rings (SSSR count). The van der Waals surface area contributed by atoms with Crippen LogP contribution >= 0.6 is 0 Å². The summed E-state index contributed by atoms with van der Waals surface area (Å²) in [6, 6.07) is 1.62. The highest BCUT2D eigenvalue weighted by Gasteiger charge is 2.21. The number of carbonyl (C=O) groups excluding carboxylic acids is 1. The van der Waals surface area contributed by atoms with E-state index in [4.69, 9.17) is 10.3 Å². The Labute approximate surface area is 109 Å². The van der Waals surface area contributed by atoms with Crippen molar-refractivity contribution in [2.75, 3.05) is 6.54 Å². The van der Waals surface area contributed by atoms with Crippen LogP contribution in [-0.2, 0) is 19.6 Å². The van der Waals surface area contributed by atoms with Crippen molar-refractivity contribution in [3.05, 3.63) is 35.8 Å². The van der Waals surface area contributed by atoms with Gasteiger partial charge < -0.3 is 8.98 Å². The van der Waals surface area contributed by atoms with E-state index in [1.807, 2.05) is 4.57 Å². The van der Waals surface area contributed by atoms with Gasteiger partial charge in [-0.3, -0.25) is 15.1 Å². The average molecular weight is 262 g/mol. The zero-order valence-electron chi connectivity index (χ0n) is 10.2. The number of hydrazine groups is 1. The minimum absolute atomic E-state index is 0.344. The number of amides is 1. The summed E-state index contributed by atoms with van der Waals surface area (Å²) >= 11 is 0. The Kier molecular flexibility index (Phi) is 3.02. The maximum atomic E-state index is 11.6. The van der Waals surface area contributed by atoms with Crippen LogP contribution in [0.3, 0.4) is 0 Å². The molecule has 0 radical (unpaired) electrons. The van der Waals surface area contributed by atoms with E-state index in [0.29, 0.717) is 24.4 Å². The van der Waals surface area contributed by atoms with Gasteiger partial charge in [-0.25, -0.2) is 5.84 Å². The predicted octanol–water partition coefficient (Wildman–Crippen LogP) is -0.510. The average Bonchev–Trinajstić information content (AvgIpc) is 3.06. The van der Waals surface area contributed by atoms with Crippen LogP contribution in [-0.4, -0.2) is 32.1 Å². The van der Waals surface area contributed by atoms with Crippen molar-refractivity contribution in [3.63, 3.8) is 0 Å². The van der Waals surface area contributed by atoms with E-state index >= 15 is 0 Å². The number of hydrogen-bond acceptors (Lipinski definition) is 6. The van der Waals surface area contributed by atoms with E-state index in [9.17, 15) is 4.79 Å².